The second kappa shape index (κ2) is 6.32. The molecule has 2 atom stereocenters. The Kier molecular flexibility index (Phi) is 4.88. The number of amides is 2. The monoisotopic (exact) mass is 297 g/mol. The van der Waals surface area contributed by atoms with E-state index in [1.807, 2.05) is 25.7 Å². The van der Waals surface area contributed by atoms with Crippen molar-refractivity contribution in [1.29, 1.82) is 0 Å². The van der Waals surface area contributed by atoms with E-state index in [1.54, 1.807) is 0 Å². The maximum absolute atomic E-state index is 12.2. The lowest BCUT2D eigenvalue weighted by molar-refractivity contribution is -0.140. The van der Waals surface area contributed by atoms with E-state index in [9.17, 15) is 9.59 Å². The minimum absolute atomic E-state index is 0.0133. The van der Waals surface area contributed by atoms with Crippen molar-refractivity contribution >= 4 is 11.8 Å². The first-order chi connectivity index (χ1) is 9.79. The van der Waals surface area contributed by atoms with Crippen LogP contribution in [0, 0.1) is 11.3 Å². The van der Waals surface area contributed by atoms with Gasteiger partial charge in [-0.25, -0.2) is 0 Å². The van der Waals surface area contributed by atoms with E-state index in [4.69, 9.17) is 10.5 Å². The van der Waals surface area contributed by atoms with E-state index < -0.39 is 0 Å². The van der Waals surface area contributed by atoms with Crippen LogP contribution < -0.4 is 11.1 Å². The van der Waals surface area contributed by atoms with Crippen LogP contribution in [-0.2, 0) is 14.3 Å². The van der Waals surface area contributed by atoms with Gasteiger partial charge in [0, 0.05) is 30.6 Å². The fourth-order valence-corrected chi connectivity index (χ4v) is 2.85. The molecule has 2 amide bonds. The van der Waals surface area contributed by atoms with Crippen LogP contribution in [0.1, 0.15) is 33.6 Å². The molecule has 0 radical (unpaired) electrons. The first kappa shape index (κ1) is 16.2. The summed E-state index contributed by atoms with van der Waals surface area (Å²) in [6, 6.07) is -0.0677. The normalized spacial score (nSPS) is 27.7. The van der Waals surface area contributed by atoms with Crippen molar-refractivity contribution in [3.8, 4) is 0 Å². The number of ether oxygens (including phenoxy) is 1. The molecular formula is C15H27N3O3. The Bertz CT molecular complexity index is 397. The van der Waals surface area contributed by atoms with Gasteiger partial charge in [-0.05, 0) is 12.8 Å². The Morgan fingerprint density at radius 2 is 1.81 bits per heavy atom. The van der Waals surface area contributed by atoms with Gasteiger partial charge in [-0.2, -0.15) is 0 Å². The van der Waals surface area contributed by atoms with E-state index in [0.717, 1.165) is 12.8 Å². The largest absolute Gasteiger partial charge is 0.379 e. The SMILES string of the molecule is CC(C)(C)C(=O)N1CCC(NC(=O)C2COCC2N)CC1. The summed E-state index contributed by atoms with van der Waals surface area (Å²) < 4.78 is 5.23. The molecule has 21 heavy (non-hydrogen) atoms. The molecule has 0 aromatic rings. The summed E-state index contributed by atoms with van der Waals surface area (Å²) >= 11 is 0. The summed E-state index contributed by atoms with van der Waals surface area (Å²) in [5, 5.41) is 3.05. The molecule has 2 unspecified atom stereocenters. The van der Waals surface area contributed by atoms with Crippen LogP contribution in [-0.4, -0.2) is 55.1 Å². The van der Waals surface area contributed by atoms with Gasteiger partial charge in [-0.3, -0.25) is 9.59 Å². The van der Waals surface area contributed by atoms with Crippen LogP contribution in [0.3, 0.4) is 0 Å². The first-order valence-electron chi connectivity index (χ1n) is 7.72. The molecule has 0 aromatic heterocycles. The minimum Gasteiger partial charge on any atom is -0.379 e. The molecule has 3 N–H and O–H groups in total. The highest BCUT2D eigenvalue weighted by Crippen LogP contribution is 2.21. The molecule has 2 aliphatic rings. The first-order valence-corrected chi connectivity index (χ1v) is 7.72. The van der Waals surface area contributed by atoms with Gasteiger partial charge in [-0.15, -0.1) is 0 Å². The molecule has 0 saturated carbocycles. The molecule has 0 spiro atoms. The Morgan fingerprint density at radius 3 is 2.29 bits per heavy atom. The van der Waals surface area contributed by atoms with E-state index in [2.05, 4.69) is 5.32 Å². The fourth-order valence-electron chi connectivity index (χ4n) is 2.85. The molecule has 2 fully saturated rings. The second-order valence-electron chi connectivity index (χ2n) is 7.13. The number of hydrogen-bond acceptors (Lipinski definition) is 4. The number of nitrogens with zero attached hydrogens (tertiary/aromatic N) is 1. The zero-order chi connectivity index (χ0) is 15.6. The molecule has 0 aromatic carbocycles. The van der Waals surface area contributed by atoms with E-state index in [1.165, 1.54) is 0 Å². The molecule has 2 rings (SSSR count). The number of piperidine rings is 1. The second-order valence-corrected chi connectivity index (χ2v) is 7.13. The van der Waals surface area contributed by atoms with Crippen molar-refractivity contribution in [3.05, 3.63) is 0 Å². The highest BCUT2D eigenvalue weighted by atomic mass is 16.5. The predicted octanol–water partition coefficient (Wildman–Crippen LogP) is 0.113. The number of hydrogen-bond donors (Lipinski definition) is 2. The Morgan fingerprint density at radius 1 is 1.19 bits per heavy atom. The molecule has 2 aliphatic heterocycles. The summed E-state index contributed by atoms with van der Waals surface area (Å²) in [5.41, 5.74) is 5.51. The zero-order valence-corrected chi connectivity index (χ0v) is 13.2. The maximum Gasteiger partial charge on any atom is 0.227 e. The van der Waals surface area contributed by atoms with Crippen molar-refractivity contribution < 1.29 is 14.3 Å². The summed E-state index contributed by atoms with van der Waals surface area (Å²) in [6.45, 7) is 8.08. The lowest BCUT2D eigenvalue weighted by atomic mass is 9.92. The Balaban J connectivity index is 1.79. The van der Waals surface area contributed by atoms with E-state index in [0.29, 0.717) is 26.3 Å². The average Bonchev–Trinajstić information content (AvgIpc) is 2.84. The molecule has 6 nitrogen and oxygen atoms in total. The zero-order valence-electron chi connectivity index (χ0n) is 13.2. The summed E-state index contributed by atoms with van der Waals surface area (Å²) in [6.07, 6.45) is 1.60. The van der Waals surface area contributed by atoms with Crippen molar-refractivity contribution in [1.82, 2.24) is 10.2 Å². The number of nitrogens with one attached hydrogen (secondary N) is 1. The highest BCUT2D eigenvalue weighted by Gasteiger charge is 2.34. The summed E-state index contributed by atoms with van der Waals surface area (Å²) in [7, 11) is 0. The van der Waals surface area contributed by atoms with Gasteiger partial charge in [0.25, 0.3) is 0 Å². The summed E-state index contributed by atoms with van der Waals surface area (Å²) in [4.78, 5) is 26.2. The van der Waals surface area contributed by atoms with Crippen LogP contribution in [0.5, 0.6) is 0 Å². The van der Waals surface area contributed by atoms with Crippen molar-refractivity contribution in [3.63, 3.8) is 0 Å². The van der Waals surface area contributed by atoms with Gasteiger partial charge >= 0.3 is 0 Å². The highest BCUT2D eigenvalue weighted by molar-refractivity contribution is 5.82. The van der Waals surface area contributed by atoms with E-state index in [-0.39, 0.29) is 35.2 Å². The molecule has 0 aliphatic carbocycles. The van der Waals surface area contributed by atoms with Gasteiger partial charge in [0.2, 0.25) is 11.8 Å². The smallest absolute Gasteiger partial charge is 0.227 e. The number of carbonyl (C=O) groups excluding carboxylic acids is 2. The molecular weight excluding hydrogens is 270 g/mol. The maximum atomic E-state index is 12.2. The van der Waals surface area contributed by atoms with Crippen LogP contribution in [0.15, 0.2) is 0 Å². The van der Waals surface area contributed by atoms with Crippen LogP contribution in [0.25, 0.3) is 0 Å². The van der Waals surface area contributed by atoms with Gasteiger partial charge in [-0.1, -0.05) is 20.8 Å². The molecule has 2 saturated heterocycles. The fraction of sp³-hybridized carbons (Fsp3) is 0.867. The minimum atomic E-state index is -0.343. The third kappa shape index (κ3) is 3.95. The molecule has 2 heterocycles. The van der Waals surface area contributed by atoms with Gasteiger partial charge < -0.3 is 20.7 Å². The number of likely N-dealkylation sites (tertiary alicyclic amines) is 1. The van der Waals surface area contributed by atoms with Crippen molar-refractivity contribution in [2.24, 2.45) is 17.1 Å². The predicted molar refractivity (Wildman–Crippen MR) is 79.5 cm³/mol. The van der Waals surface area contributed by atoms with Crippen LogP contribution >= 0.6 is 0 Å². The number of carbonyl (C=O) groups is 2. The van der Waals surface area contributed by atoms with Gasteiger partial charge in [0.05, 0.1) is 19.1 Å². The average molecular weight is 297 g/mol. The van der Waals surface area contributed by atoms with Crippen LogP contribution in [0.2, 0.25) is 0 Å². The summed E-state index contributed by atoms with van der Waals surface area (Å²) in [5.74, 6) is -0.0710. The molecule has 6 heteroatoms. The third-order valence-corrected chi connectivity index (χ3v) is 4.23. The Labute approximate surface area is 126 Å². The lowest BCUT2D eigenvalue weighted by Gasteiger charge is -2.36. The van der Waals surface area contributed by atoms with Crippen molar-refractivity contribution in [2.45, 2.75) is 45.7 Å². The number of nitrogens with two attached hydrogens (primary N) is 1. The quantitative estimate of drug-likeness (QED) is 0.758. The van der Waals surface area contributed by atoms with Gasteiger partial charge in [0.1, 0.15) is 0 Å². The Hall–Kier alpha value is -1.14. The standard InChI is InChI=1S/C15H27N3O3/c1-15(2,3)14(20)18-6-4-10(5-7-18)17-13(19)11-8-21-9-12(11)16/h10-12H,4-9,16H2,1-3H3,(H,17,19). The molecule has 0 bridgehead atoms. The van der Waals surface area contributed by atoms with Crippen molar-refractivity contribution in [2.75, 3.05) is 26.3 Å². The van der Waals surface area contributed by atoms with E-state index >= 15 is 0 Å². The van der Waals surface area contributed by atoms with Crippen LogP contribution in [0.4, 0.5) is 0 Å². The topological polar surface area (TPSA) is 84.7 Å². The number of rotatable bonds is 2. The lowest BCUT2D eigenvalue weighted by Crippen LogP contribution is -2.51. The third-order valence-electron chi connectivity index (χ3n) is 4.23. The molecule has 120 valence electrons. The van der Waals surface area contributed by atoms with Gasteiger partial charge in [0.15, 0.2) is 0 Å².